The summed E-state index contributed by atoms with van der Waals surface area (Å²) in [6.45, 7) is 4.53. The van der Waals surface area contributed by atoms with Gasteiger partial charge in [0.2, 0.25) is 10.0 Å². The van der Waals surface area contributed by atoms with Crippen LogP contribution in [0.25, 0.3) is 0 Å². The number of benzene rings is 1. The third-order valence-electron chi connectivity index (χ3n) is 3.40. The molecule has 1 aromatic rings. The predicted octanol–water partition coefficient (Wildman–Crippen LogP) is 2.22. The van der Waals surface area contributed by atoms with E-state index in [1.54, 1.807) is 28.6 Å². The number of nitrogens with zero attached hydrogens (tertiary/aromatic N) is 1. The Labute approximate surface area is 115 Å². The van der Waals surface area contributed by atoms with Gasteiger partial charge in [0.25, 0.3) is 0 Å². The van der Waals surface area contributed by atoms with E-state index in [0.29, 0.717) is 18.2 Å². The molecule has 0 aromatic heterocycles. The third-order valence-corrected chi connectivity index (χ3v) is 5.38. The number of nitrogens with two attached hydrogens (primary N) is 1. The molecule has 2 N–H and O–H groups in total. The standard InChI is InChI=1S/C14H22N2O2S/c1-11(2)16(9-12-3-4-12)19(17,18)10-13-5-7-14(15)8-6-13/h5-8,11-12H,3-4,9-10,15H2,1-2H3. The van der Waals surface area contributed by atoms with E-state index in [0.717, 1.165) is 18.4 Å². The Morgan fingerprint density at radius 3 is 2.32 bits per heavy atom. The maximum atomic E-state index is 12.5. The normalized spacial score (nSPS) is 16.2. The quantitative estimate of drug-likeness (QED) is 0.814. The average Bonchev–Trinajstić information content (AvgIpc) is 3.12. The lowest BCUT2D eigenvalue weighted by molar-refractivity contribution is 0.341. The monoisotopic (exact) mass is 282 g/mol. The molecule has 1 fully saturated rings. The molecule has 1 aromatic carbocycles. The molecule has 1 saturated carbocycles. The lowest BCUT2D eigenvalue weighted by Crippen LogP contribution is -2.39. The highest BCUT2D eigenvalue weighted by atomic mass is 32.2. The topological polar surface area (TPSA) is 63.4 Å². The van der Waals surface area contributed by atoms with Crippen LogP contribution in [0, 0.1) is 5.92 Å². The minimum atomic E-state index is -3.25. The first-order valence-corrected chi connectivity index (χ1v) is 8.33. The molecule has 0 spiro atoms. The number of sulfonamides is 1. The Morgan fingerprint density at radius 2 is 1.84 bits per heavy atom. The van der Waals surface area contributed by atoms with Crippen LogP contribution in [0.5, 0.6) is 0 Å². The fourth-order valence-corrected chi connectivity index (χ4v) is 3.97. The number of nitrogen functional groups attached to an aromatic ring is 1. The van der Waals surface area contributed by atoms with Crippen LogP contribution in [-0.2, 0) is 15.8 Å². The van der Waals surface area contributed by atoms with Crippen molar-refractivity contribution in [1.82, 2.24) is 4.31 Å². The van der Waals surface area contributed by atoms with Crippen molar-refractivity contribution >= 4 is 15.7 Å². The SMILES string of the molecule is CC(C)N(CC1CC1)S(=O)(=O)Cc1ccc(N)cc1. The van der Waals surface area contributed by atoms with Gasteiger partial charge in [0.05, 0.1) is 5.75 Å². The Kier molecular flexibility index (Phi) is 4.16. The van der Waals surface area contributed by atoms with Crippen molar-refractivity contribution in [3.63, 3.8) is 0 Å². The molecule has 1 aliphatic carbocycles. The van der Waals surface area contributed by atoms with Gasteiger partial charge in [-0.05, 0) is 50.3 Å². The van der Waals surface area contributed by atoms with E-state index in [9.17, 15) is 8.42 Å². The van der Waals surface area contributed by atoms with Crippen molar-refractivity contribution in [2.24, 2.45) is 5.92 Å². The van der Waals surface area contributed by atoms with Crippen molar-refractivity contribution in [1.29, 1.82) is 0 Å². The number of hydrogen-bond acceptors (Lipinski definition) is 3. The van der Waals surface area contributed by atoms with Crippen LogP contribution in [0.2, 0.25) is 0 Å². The summed E-state index contributed by atoms with van der Waals surface area (Å²) in [5.74, 6) is 0.613. The van der Waals surface area contributed by atoms with Gasteiger partial charge in [0, 0.05) is 18.3 Å². The van der Waals surface area contributed by atoms with Crippen LogP contribution in [0.15, 0.2) is 24.3 Å². The summed E-state index contributed by atoms with van der Waals surface area (Å²) in [4.78, 5) is 0. The summed E-state index contributed by atoms with van der Waals surface area (Å²) in [5.41, 5.74) is 7.05. The number of anilines is 1. The van der Waals surface area contributed by atoms with E-state index < -0.39 is 10.0 Å². The molecule has 0 unspecified atom stereocenters. The second-order valence-corrected chi connectivity index (χ2v) is 7.53. The highest BCUT2D eigenvalue weighted by Gasteiger charge is 2.32. The van der Waals surface area contributed by atoms with Crippen LogP contribution in [0.4, 0.5) is 5.69 Å². The van der Waals surface area contributed by atoms with Crippen molar-refractivity contribution in [2.45, 2.75) is 38.5 Å². The van der Waals surface area contributed by atoms with Gasteiger partial charge >= 0.3 is 0 Å². The zero-order chi connectivity index (χ0) is 14.0. The van der Waals surface area contributed by atoms with Gasteiger partial charge in [-0.3, -0.25) is 0 Å². The second kappa shape index (κ2) is 5.51. The summed E-state index contributed by atoms with van der Waals surface area (Å²) in [6.07, 6.45) is 2.31. The first kappa shape index (κ1) is 14.3. The Hall–Kier alpha value is -1.07. The average molecular weight is 282 g/mol. The summed E-state index contributed by atoms with van der Waals surface area (Å²) in [5, 5.41) is 0. The maximum Gasteiger partial charge on any atom is 0.218 e. The van der Waals surface area contributed by atoms with E-state index >= 15 is 0 Å². The zero-order valence-electron chi connectivity index (χ0n) is 11.5. The number of rotatable bonds is 6. The minimum absolute atomic E-state index is 0.0133. The molecule has 0 saturated heterocycles. The lowest BCUT2D eigenvalue weighted by atomic mass is 10.2. The van der Waals surface area contributed by atoms with Crippen molar-refractivity contribution in [2.75, 3.05) is 12.3 Å². The van der Waals surface area contributed by atoms with Gasteiger partial charge in [0.1, 0.15) is 0 Å². The molecule has 0 atom stereocenters. The van der Waals surface area contributed by atoms with Crippen LogP contribution < -0.4 is 5.73 Å². The molecule has 0 radical (unpaired) electrons. The maximum absolute atomic E-state index is 12.5. The van der Waals surface area contributed by atoms with Crippen molar-refractivity contribution < 1.29 is 8.42 Å². The van der Waals surface area contributed by atoms with Gasteiger partial charge in [-0.2, -0.15) is 4.31 Å². The van der Waals surface area contributed by atoms with E-state index in [2.05, 4.69) is 0 Å². The van der Waals surface area contributed by atoms with Crippen LogP contribution >= 0.6 is 0 Å². The summed E-state index contributed by atoms with van der Waals surface area (Å²) >= 11 is 0. The van der Waals surface area contributed by atoms with Gasteiger partial charge in [-0.15, -0.1) is 0 Å². The molecule has 1 aliphatic rings. The molecule has 5 heteroatoms. The van der Waals surface area contributed by atoms with Crippen molar-refractivity contribution in [3.05, 3.63) is 29.8 Å². The largest absolute Gasteiger partial charge is 0.399 e. The van der Waals surface area contributed by atoms with E-state index in [1.165, 1.54) is 0 Å². The summed E-state index contributed by atoms with van der Waals surface area (Å²) < 4.78 is 26.6. The van der Waals surface area contributed by atoms with E-state index in [1.807, 2.05) is 13.8 Å². The molecular formula is C14H22N2O2S. The third kappa shape index (κ3) is 3.94. The molecule has 0 heterocycles. The second-order valence-electron chi connectivity index (χ2n) is 5.60. The summed E-state index contributed by atoms with van der Waals surface area (Å²) in [6, 6.07) is 7.06. The smallest absolute Gasteiger partial charge is 0.218 e. The minimum Gasteiger partial charge on any atom is -0.399 e. The molecule has 106 valence electrons. The Balaban J connectivity index is 2.12. The van der Waals surface area contributed by atoms with Crippen molar-refractivity contribution in [3.8, 4) is 0 Å². The highest BCUT2D eigenvalue weighted by molar-refractivity contribution is 7.88. The van der Waals surface area contributed by atoms with Gasteiger partial charge in [-0.1, -0.05) is 12.1 Å². The van der Waals surface area contributed by atoms with E-state index in [-0.39, 0.29) is 11.8 Å². The first-order chi connectivity index (χ1) is 8.88. The molecule has 4 nitrogen and oxygen atoms in total. The fourth-order valence-electron chi connectivity index (χ4n) is 2.11. The predicted molar refractivity (Wildman–Crippen MR) is 78.0 cm³/mol. The zero-order valence-corrected chi connectivity index (χ0v) is 12.4. The fraction of sp³-hybridized carbons (Fsp3) is 0.571. The van der Waals surface area contributed by atoms with Crippen LogP contribution in [0.1, 0.15) is 32.3 Å². The van der Waals surface area contributed by atoms with Gasteiger partial charge < -0.3 is 5.73 Å². The molecule has 2 rings (SSSR count). The molecule has 19 heavy (non-hydrogen) atoms. The Bertz CT molecular complexity index is 519. The van der Waals surface area contributed by atoms with Crippen LogP contribution in [-0.4, -0.2) is 25.3 Å². The van der Waals surface area contributed by atoms with Crippen LogP contribution in [0.3, 0.4) is 0 Å². The van der Waals surface area contributed by atoms with Gasteiger partial charge in [-0.25, -0.2) is 8.42 Å². The molecule has 0 aliphatic heterocycles. The number of hydrogen-bond donors (Lipinski definition) is 1. The van der Waals surface area contributed by atoms with Gasteiger partial charge in [0.15, 0.2) is 0 Å². The Morgan fingerprint density at radius 1 is 1.26 bits per heavy atom. The summed E-state index contributed by atoms with van der Waals surface area (Å²) in [7, 11) is -3.25. The highest BCUT2D eigenvalue weighted by Crippen LogP contribution is 2.31. The first-order valence-electron chi connectivity index (χ1n) is 6.72. The molecular weight excluding hydrogens is 260 g/mol. The lowest BCUT2D eigenvalue weighted by Gasteiger charge is -2.26. The molecule has 0 bridgehead atoms. The van der Waals surface area contributed by atoms with E-state index in [4.69, 9.17) is 5.73 Å². The molecule has 0 amide bonds.